The van der Waals surface area contributed by atoms with Crippen LogP contribution in [0.2, 0.25) is 27.7 Å². The molecule has 7 nitrogen and oxygen atoms in total. The molecule has 3 aromatic carbocycles. The minimum Gasteiger partial charge on any atom is -0.461 e. The van der Waals surface area contributed by atoms with Gasteiger partial charge in [-0.2, -0.15) is 9.97 Å². The van der Waals surface area contributed by atoms with Crippen LogP contribution in [0.25, 0.3) is 32.8 Å². The van der Waals surface area contributed by atoms with Gasteiger partial charge in [0.15, 0.2) is 5.82 Å². The zero-order chi connectivity index (χ0) is 45.7. The Morgan fingerprint density at radius 1 is 0.806 bits per heavy atom. The number of piperidine rings is 1. The Balaban J connectivity index is 1.70. The largest absolute Gasteiger partial charge is 0.461 e. The van der Waals surface area contributed by atoms with E-state index in [0.717, 1.165) is 36.4 Å². The highest BCUT2D eigenvalue weighted by Gasteiger charge is 2.46. The Bertz CT molecular complexity index is 2310. The smallest absolute Gasteiger partial charge is 0.319 e. The first-order chi connectivity index (χ1) is 29.0. The van der Waals surface area contributed by atoms with Gasteiger partial charge < -0.3 is 19.2 Å². The molecule has 0 bridgehead atoms. The third kappa shape index (κ3) is 8.85. The van der Waals surface area contributed by atoms with Gasteiger partial charge in [-0.15, -0.1) is 5.54 Å². The van der Waals surface area contributed by atoms with Crippen molar-refractivity contribution in [3.05, 3.63) is 53.6 Å². The number of anilines is 1. The first-order valence-electron chi connectivity index (χ1n) is 23.3. The third-order valence-electron chi connectivity index (χ3n) is 14.6. The van der Waals surface area contributed by atoms with Crippen molar-refractivity contribution in [2.24, 2.45) is 0 Å². The summed E-state index contributed by atoms with van der Waals surface area (Å²) in [6.45, 7) is 32.9. The fourth-order valence-corrected chi connectivity index (χ4v) is 21.4. The number of hydrogen-bond donors (Lipinski definition) is 1. The van der Waals surface area contributed by atoms with Crippen molar-refractivity contribution in [3.8, 4) is 28.6 Å². The summed E-state index contributed by atoms with van der Waals surface area (Å²) in [5, 5.41) is 14.2. The molecular weight excluding hydrogens is 811 g/mol. The first kappa shape index (κ1) is 48.1. The van der Waals surface area contributed by atoms with Gasteiger partial charge in [0, 0.05) is 35.5 Å². The van der Waals surface area contributed by atoms with Crippen LogP contribution in [-0.4, -0.2) is 86.9 Å². The van der Waals surface area contributed by atoms with Crippen LogP contribution in [-0.2, 0) is 4.43 Å². The van der Waals surface area contributed by atoms with E-state index in [0.29, 0.717) is 76.0 Å². The van der Waals surface area contributed by atoms with Gasteiger partial charge in [0.1, 0.15) is 31.8 Å². The number of aliphatic hydroxyl groups is 1. The first-order valence-corrected chi connectivity index (χ1v) is 27.6. The Kier molecular flexibility index (Phi) is 14.1. The van der Waals surface area contributed by atoms with Gasteiger partial charge in [-0.25, -0.2) is 8.78 Å². The molecule has 2 fully saturated rings. The number of fused-ring (bicyclic) bond motifs is 2. The molecule has 1 unspecified atom stereocenters. The average Bonchev–Trinajstić information content (AvgIpc) is 3.52. The van der Waals surface area contributed by atoms with Gasteiger partial charge in [-0.05, 0) is 123 Å². The molecule has 0 spiro atoms. The number of rotatable bonds is 13. The number of ether oxygens (including phenoxy) is 1. The fraction of sp³-hybridized carbons (Fsp3) is 0.608. The SMILES string of the molecule is CC(C)O[Si](c1cc(-c2ccc3c(N4CCCC(C)(O)C4)nc(OC[C@@]4(C)CCCN4C)nc3c2F)c2c(C#C[Si](C(C)C)(C(C)C)C(C)C)c(F)ccc2c1)(C(C)C)C(C)C. The molecule has 0 amide bonds. The van der Waals surface area contributed by atoms with Crippen molar-refractivity contribution >= 4 is 49.1 Å². The molecule has 6 rings (SSSR count). The number of likely N-dealkylation sites (tertiary alicyclic amines) is 1. The second kappa shape index (κ2) is 18.2. The number of β-amino-alcohol motifs (C(OH)–C–C–N with tert-alkyl or cyclic N) is 1. The van der Waals surface area contributed by atoms with Gasteiger partial charge in [-0.3, -0.25) is 4.90 Å². The van der Waals surface area contributed by atoms with Crippen molar-refractivity contribution < 1.29 is 23.1 Å². The molecule has 2 aliphatic rings. The van der Waals surface area contributed by atoms with Crippen molar-refractivity contribution in [1.29, 1.82) is 0 Å². The van der Waals surface area contributed by atoms with Crippen molar-refractivity contribution in [1.82, 2.24) is 14.9 Å². The van der Waals surface area contributed by atoms with E-state index in [1.54, 1.807) is 6.07 Å². The van der Waals surface area contributed by atoms with Gasteiger partial charge >= 0.3 is 6.01 Å². The molecule has 338 valence electrons. The summed E-state index contributed by atoms with van der Waals surface area (Å²) in [6, 6.07) is 11.4. The maximum atomic E-state index is 18.2. The van der Waals surface area contributed by atoms with Crippen molar-refractivity contribution in [2.45, 2.75) is 168 Å². The van der Waals surface area contributed by atoms with Crippen LogP contribution in [0.4, 0.5) is 14.6 Å². The molecule has 11 heteroatoms. The number of likely N-dealkylation sites (N-methyl/N-ethyl adjacent to an activating group) is 1. The molecule has 2 aliphatic heterocycles. The highest BCUT2D eigenvalue weighted by atomic mass is 28.4. The maximum absolute atomic E-state index is 18.2. The third-order valence-corrected chi connectivity index (χ3v) is 26.4. The van der Waals surface area contributed by atoms with E-state index in [-0.39, 0.29) is 34.3 Å². The summed E-state index contributed by atoms with van der Waals surface area (Å²) in [6.07, 6.45) is 3.43. The van der Waals surface area contributed by atoms with E-state index in [1.165, 1.54) is 6.07 Å². The lowest BCUT2D eigenvalue weighted by Crippen LogP contribution is -2.57. The molecule has 0 saturated carbocycles. The summed E-state index contributed by atoms with van der Waals surface area (Å²) < 4.78 is 48.4. The molecule has 0 aliphatic carbocycles. The van der Waals surface area contributed by atoms with Crippen LogP contribution in [0.3, 0.4) is 0 Å². The average molecular weight is 885 g/mol. The lowest BCUT2D eigenvalue weighted by Gasteiger charge is -2.41. The standard InChI is InChI=1S/C51H74F2N4O3Si2/c1-32(2)60-62(36(9)10,37(11)12)39-28-38-18-21-44(52)41(22-27-61(33(3)4,34(5)6)35(7)8)45(38)43(29-39)40-19-20-42-47(46(40)53)54-49(59-31-50(13)23-16-25-56(50)15)55-48(42)57-26-17-24-51(14,58)30-57/h18-21,28-29,32-37,58H,16-17,23-26,30-31H2,1-15H3/t50-,51?/m1/s1. The molecule has 4 aromatic rings. The Hall–Kier alpha value is -3.41. The van der Waals surface area contributed by atoms with Gasteiger partial charge in [0.2, 0.25) is 8.32 Å². The van der Waals surface area contributed by atoms with Crippen LogP contribution >= 0.6 is 0 Å². The van der Waals surface area contributed by atoms with Crippen LogP contribution in [0.1, 0.15) is 128 Å². The predicted molar refractivity (Wildman–Crippen MR) is 260 cm³/mol. The molecule has 2 saturated heterocycles. The van der Waals surface area contributed by atoms with E-state index in [9.17, 15) is 5.11 Å². The summed E-state index contributed by atoms with van der Waals surface area (Å²) in [5.41, 5.74) is 5.35. The monoisotopic (exact) mass is 885 g/mol. The Morgan fingerprint density at radius 3 is 2.02 bits per heavy atom. The van der Waals surface area contributed by atoms with E-state index in [4.69, 9.17) is 19.1 Å². The van der Waals surface area contributed by atoms with E-state index < -0.39 is 33.6 Å². The van der Waals surface area contributed by atoms with Crippen LogP contribution in [0.5, 0.6) is 6.01 Å². The van der Waals surface area contributed by atoms with E-state index in [1.807, 2.05) is 24.0 Å². The van der Waals surface area contributed by atoms with Crippen LogP contribution in [0, 0.1) is 23.1 Å². The van der Waals surface area contributed by atoms with Crippen molar-refractivity contribution in [3.63, 3.8) is 0 Å². The molecule has 0 radical (unpaired) electrons. The molecule has 62 heavy (non-hydrogen) atoms. The normalized spacial score (nSPS) is 20.5. The van der Waals surface area contributed by atoms with Crippen LogP contribution in [0.15, 0.2) is 36.4 Å². The fourth-order valence-electron chi connectivity index (χ4n) is 11.3. The van der Waals surface area contributed by atoms with Gasteiger partial charge in [-0.1, -0.05) is 99.4 Å². The minimum atomic E-state index is -2.78. The molecule has 3 heterocycles. The predicted octanol–water partition coefficient (Wildman–Crippen LogP) is 11.9. The number of nitrogens with zero attached hydrogens (tertiary/aromatic N) is 4. The molecule has 2 atom stereocenters. The maximum Gasteiger partial charge on any atom is 0.319 e. The minimum absolute atomic E-state index is 0.0331. The Labute approximate surface area is 373 Å². The summed E-state index contributed by atoms with van der Waals surface area (Å²) >= 11 is 0. The lowest BCUT2D eigenvalue weighted by atomic mass is 9.93. The van der Waals surface area contributed by atoms with E-state index in [2.05, 4.69) is 126 Å². The molecule has 1 N–H and O–H groups in total. The highest BCUT2D eigenvalue weighted by molar-refractivity contribution is 6.90. The van der Waals surface area contributed by atoms with Crippen molar-refractivity contribution in [2.75, 3.05) is 38.2 Å². The lowest BCUT2D eigenvalue weighted by molar-refractivity contribution is 0.0447. The zero-order valence-corrected chi connectivity index (χ0v) is 42.4. The zero-order valence-electron chi connectivity index (χ0n) is 40.4. The topological polar surface area (TPSA) is 71.0 Å². The summed E-state index contributed by atoms with van der Waals surface area (Å²) in [7, 11) is -2.97. The van der Waals surface area contributed by atoms with E-state index >= 15 is 8.78 Å². The van der Waals surface area contributed by atoms with Gasteiger partial charge in [0.05, 0.1) is 16.7 Å². The number of halogens is 2. The second-order valence-corrected chi connectivity index (χ2v) is 31.2. The van der Waals surface area contributed by atoms with Gasteiger partial charge in [0.25, 0.3) is 0 Å². The summed E-state index contributed by atoms with van der Waals surface area (Å²) in [4.78, 5) is 14.1. The number of aromatic nitrogens is 2. The Morgan fingerprint density at radius 2 is 1.45 bits per heavy atom. The van der Waals surface area contributed by atoms with Crippen LogP contribution < -0.4 is 14.8 Å². The second-order valence-electron chi connectivity index (χ2n) is 20.9. The number of hydrogen-bond acceptors (Lipinski definition) is 7. The summed E-state index contributed by atoms with van der Waals surface area (Å²) in [5.74, 6) is 3.06. The number of benzene rings is 3. The quantitative estimate of drug-likeness (QED) is 0.106. The molecular formula is C51H74F2N4O3Si2. The molecule has 1 aromatic heterocycles. The highest BCUT2D eigenvalue weighted by Crippen LogP contribution is 2.44.